The molecule has 1 aromatic rings. The molecule has 0 saturated heterocycles. The first-order valence-electron chi connectivity index (χ1n) is 7.98. The van der Waals surface area contributed by atoms with Crippen LogP contribution in [0.3, 0.4) is 0 Å². The molecule has 0 radical (unpaired) electrons. The van der Waals surface area contributed by atoms with Crippen LogP contribution in [-0.2, 0) is 0 Å². The molecule has 112 valence electrons. The van der Waals surface area contributed by atoms with Gasteiger partial charge in [0, 0.05) is 24.2 Å². The Balaban J connectivity index is 1.98. The third-order valence-corrected chi connectivity index (χ3v) is 4.65. The zero-order valence-electron chi connectivity index (χ0n) is 12.8. The molecule has 1 fully saturated rings. The highest BCUT2D eigenvalue weighted by molar-refractivity contribution is 5.09. The van der Waals surface area contributed by atoms with Gasteiger partial charge >= 0.3 is 0 Å². The predicted octanol–water partition coefficient (Wildman–Crippen LogP) is 3.45. The van der Waals surface area contributed by atoms with Crippen molar-refractivity contribution in [3.8, 4) is 0 Å². The molecule has 3 atom stereocenters. The van der Waals surface area contributed by atoms with E-state index in [0.717, 1.165) is 44.3 Å². The van der Waals surface area contributed by atoms with Crippen molar-refractivity contribution in [2.75, 3.05) is 6.54 Å². The summed E-state index contributed by atoms with van der Waals surface area (Å²) in [4.78, 5) is 4.48. The fourth-order valence-corrected chi connectivity index (χ4v) is 3.17. The molecule has 3 nitrogen and oxygen atoms in total. The normalized spacial score (nSPS) is 28.2. The predicted molar refractivity (Wildman–Crippen MR) is 82.5 cm³/mol. The van der Waals surface area contributed by atoms with Gasteiger partial charge in [0.25, 0.3) is 0 Å². The fraction of sp³-hybridized carbons (Fsp3) is 0.706. The van der Waals surface area contributed by atoms with Crippen LogP contribution in [0.25, 0.3) is 0 Å². The van der Waals surface area contributed by atoms with E-state index in [-0.39, 0.29) is 11.5 Å². The summed E-state index contributed by atoms with van der Waals surface area (Å²) in [5, 5.41) is 13.9. The van der Waals surface area contributed by atoms with E-state index >= 15 is 0 Å². The lowest BCUT2D eigenvalue weighted by Gasteiger charge is -2.39. The van der Waals surface area contributed by atoms with Crippen LogP contribution in [-0.4, -0.2) is 22.7 Å². The molecule has 1 aliphatic carbocycles. The maximum atomic E-state index is 10.3. The molecule has 2 rings (SSSR count). The number of aromatic nitrogens is 1. The molecule has 3 heteroatoms. The van der Waals surface area contributed by atoms with Crippen LogP contribution in [0.1, 0.15) is 64.1 Å². The third-order valence-electron chi connectivity index (χ3n) is 4.65. The zero-order chi connectivity index (χ0) is 14.4. The van der Waals surface area contributed by atoms with E-state index in [1.54, 1.807) is 0 Å². The highest BCUT2D eigenvalue weighted by Crippen LogP contribution is 2.36. The van der Waals surface area contributed by atoms with Crippen molar-refractivity contribution in [1.82, 2.24) is 10.3 Å². The van der Waals surface area contributed by atoms with Gasteiger partial charge in [-0.25, -0.2) is 0 Å². The van der Waals surface area contributed by atoms with E-state index in [2.05, 4.69) is 30.2 Å². The van der Waals surface area contributed by atoms with Crippen LogP contribution in [0.2, 0.25) is 0 Å². The molecule has 3 unspecified atom stereocenters. The summed E-state index contributed by atoms with van der Waals surface area (Å²) in [7, 11) is 0. The molecule has 1 heterocycles. The number of aliphatic hydroxyl groups is 1. The van der Waals surface area contributed by atoms with Gasteiger partial charge in [-0.05, 0) is 31.4 Å². The number of nitrogens with one attached hydrogen (secondary N) is 1. The SMILES string of the molecule is CCCC(NCC1(C)CCCCC1O)c1ccccn1. The highest BCUT2D eigenvalue weighted by atomic mass is 16.3. The van der Waals surface area contributed by atoms with E-state index in [4.69, 9.17) is 0 Å². The Morgan fingerprint density at radius 3 is 2.95 bits per heavy atom. The van der Waals surface area contributed by atoms with Gasteiger partial charge in [0.15, 0.2) is 0 Å². The Morgan fingerprint density at radius 2 is 2.30 bits per heavy atom. The van der Waals surface area contributed by atoms with Crippen molar-refractivity contribution in [3.05, 3.63) is 30.1 Å². The lowest BCUT2D eigenvalue weighted by molar-refractivity contribution is -0.000566. The van der Waals surface area contributed by atoms with Crippen LogP contribution in [0, 0.1) is 5.41 Å². The van der Waals surface area contributed by atoms with Gasteiger partial charge in [0.1, 0.15) is 0 Å². The van der Waals surface area contributed by atoms with Gasteiger partial charge in [0.2, 0.25) is 0 Å². The maximum absolute atomic E-state index is 10.3. The van der Waals surface area contributed by atoms with E-state index < -0.39 is 0 Å². The summed E-state index contributed by atoms with van der Waals surface area (Å²) in [5.41, 5.74) is 1.13. The van der Waals surface area contributed by atoms with Crippen LogP contribution in [0.5, 0.6) is 0 Å². The largest absolute Gasteiger partial charge is 0.393 e. The molecule has 1 aromatic heterocycles. The Bertz CT molecular complexity index is 395. The Hall–Kier alpha value is -0.930. The number of hydrogen-bond acceptors (Lipinski definition) is 3. The summed E-state index contributed by atoms with van der Waals surface area (Å²) in [6.07, 6.45) is 8.36. The van der Waals surface area contributed by atoms with Gasteiger partial charge in [-0.3, -0.25) is 4.98 Å². The van der Waals surface area contributed by atoms with Crippen molar-refractivity contribution in [2.24, 2.45) is 5.41 Å². The number of rotatable bonds is 6. The van der Waals surface area contributed by atoms with Gasteiger partial charge in [0.05, 0.1) is 11.8 Å². The van der Waals surface area contributed by atoms with E-state index in [1.807, 2.05) is 18.3 Å². The van der Waals surface area contributed by atoms with Crippen molar-refractivity contribution in [1.29, 1.82) is 0 Å². The summed E-state index contributed by atoms with van der Waals surface area (Å²) in [5.74, 6) is 0. The van der Waals surface area contributed by atoms with E-state index in [0.29, 0.717) is 6.04 Å². The monoisotopic (exact) mass is 276 g/mol. The quantitative estimate of drug-likeness (QED) is 0.836. The Labute approximate surface area is 122 Å². The molecule has 20 heavy (non-hydrogen) atoms. The highest BCUT2D eigenvalue weighted by Gasteiger charge is 2.35. The van der Waals surface area contributed by atoms with Crippen molar-refractivity contribution < 1.29 is 5.11 Å². The first kappa shape index (κ1) is 15.5. The third kappa shape index (κ3) is 3.80. The van der Waals surface area contributed by atoms with E-state index in [1.165, 1.54) is 6.42 Å². The summed E-state index contributed by atoms with van der Waals surface area (Å²) >= 11 is 0. The number of hydrogen-bond donors (Lipinski definition) is 2. The maximum Gasteiger partial charge on any atom is 0.0605 e. The molecule has 0 spiro atoms. The van der Waals surface area contributed by atoms with Gasteiger partial charge in [-0.1, -0.05) is 39.2 Å². The minimum absolute atomic E-state index is 0.0129. The summed E-state index contributed by atoms with van der Waals surface area (Å²) in [6, 6.07) is 6.39. The molecular formula is C17H28N2O. The number of aliphatic hydroxyl groups excluding tert-OH is 1. The standard InChI is InChI=1S/C17H28N2O/c1-3-8-14(15-9-5-7-12-18-15)19-13-17(2)11-6-4-10-16(17)20/h5,7,9,12,14,16,19-20H,3-4,6,8,10-11,13H2,1-2H3. The van der Waals surface area contributed by atoms with E-state index in [9.17, 15) is 5.11 Å². The second-order valence-corrected chi connectivity index (χ2v) is 6.39. The number of nitrogens with zero attached hydrogens (tertiary/aromatic N) is 1. The van der Waals surface area contributed by atoms with Crippen molar-refractivity contribution >= 4 is 0 Å². The van der Waals surface area contributed by atoms with Crippen LogP contribution < -0.4 is 5.32 Å². The average molecular weight is 276 g/mol. The van der Waals surface area contributed by atoms with Gasteiger partial charge < -0.3 is 10.4 Å². The first-order chi connectivity index (χ1) is 9.65. The van der Waals surface area contributed by atoms with Crippen molar-refractivity contribution in [2.45, 2.75) is 64.5 Å². The lowest BCUT2D eigenvalue weighted by Crippen LogP contribution is -2.44. The molecule has 0 aliphatic heterocycles. The van der Waals surface area contributed by atoms with Gasteiger partial charge in [-0.2, -0.15) is 0 Å². The minimum Gasteiger partial charge on any atom is -0.393 e. The summed E-state index contributed by atoms with van der Waals surface area (Å²) < 4.78 is 0. The number of pyridine rings is 1. The minimum atomic E-state index is -0.172. The average Bonchev–Trinajstić information content (AvgIpc) is 2.48. The van der Waals surface area contributed by atoms with Crippen LogP contribution >= 0.6 is 0 Å². The summed E-state index contributed by atoms with van der Waals surface area (Å²) in [6.45, 7) is 5.29. The smallest absolute Gasteiger partial charge is 0.0605 e. The molecule has 0 bridgehead atoms. The Kier molecular flexibility index (Phi) is 5.55. The molecule has 1 saturated carbocycles. The molecule has 2 N–H and O–H groups in total. The second-order valence-electron chi connectivity index (χ2n) is 6.39. The molecule has 0 amide bonds. The molecular weight excluding hydrogens is 248 g/mol. The lowest BCUT2D eigenvalue weighted by atomic mass is 9.73. The zero-order valence-corrected chi connectivity index (χ0v) is 12.8. The fourth-order valence-electron chi connectivity index (χ4n) is 3.17. The Morgan fingerprint density at radius 1 is 1.45 bits per heavy atom. The molecule has 0 aromatic carbocycles. The topological polar surface area (TPSA) is 45.1 Å². The van der Waals surface area contributed by atoms with Crippen LogP contribution in [0.4, 0.5) is 0 Å². The van der Waals surface area contributed by atoms with Gasteiger partial charge in [-0.15, -0.1) is 0 Å². The molecule has 1 aliphatic rings. The second kappa shape index (κ2) is 7.19. The first-order valence-corrected chi connectivity index (χ1v) is 7.98. The van der Waals surface area contributed by atoms with Crippen LogP contribution in [0.15, 0.2) is 24.4 Å². The van der Waals surface area contributed by atoms with Crippen molar-refractivity contribution in [3.63, 3.8) is 0 Å².